The SMILES string of the molecule is O=C(Nc1ccc2[nH]ncc2c1)c1cccc2c1OCCNC2. The van der Waals surface area contributed by atoms with Crippen molar-refractivity contribution in [3.05, 3.63) is 53.7 Å². The molecule has 23 heavy (non-hydrogen) atoms. The minimum atomic E-state index is -0.174. The van der Waals surface area contributed by atoms with Crippen molar-refractivity contribution in [1.29, 1.82) is 0 Å². The van der Waals surface area contributed by atoms with Gasteiger partial charge in [-0.3, -0.25) is 9.89 Å². The molecule has 0 aliphatic carbocycles. The Hall–Kier alpha value is -2.86. The number of hydrogen-bond acceptors (Lipinski definition) is 4. The van der Waals surface area contributed by atoms with Crippen molar-refractivity contribution in [3.63, 3.8) is 0 Å². The summed E-state index contributed by atoms with van der Waals surface area (Å²) < 4.78 is 5.76. The lowest BCUT2D eigenvalue weighted by Gasteiger charge is -2.12. The minimum absolute atomic E-state index is 0.174. The van der Waals surface area contributed by atoms with Crippen LogP contribution in [0.3, 0.4) is 0 Å². The Morgan fingerprint density at radius 3 is 3.17 bits per heavy atom. The average molecular weight is 308 g/mol. The Morgan fingerprint density at radius 2 is 2.22 bits per heavy atom. The van der Waals surface area contributed by atoms with Crippen LogP contribution in [0.25, 0.3) is 10.9 Å². The number of nitrogens with one attached hydrogen (secondary N) is 3. The molecule has 0 saturated heterocycles. The molecule has 6 nitrogen and oxygen atoms in total. The van der Waals surface area contributed by atoms with Crippen LogP contribution < -0.4 is 15.4 Å². The van der Waals surface area contributed by atoms with Gasteiger partial charge in [-0.2, -0.15) is 5.10 Å². The van der Waals surface area contributed by atoms with Crippen LogP contribution in [0.5, 0.6) is 5.75 Å². The summed E-state index contributed by atoms with van der Waals surface area (Å²) in [5, 5.41) is 14.0. The van der Waals surface area contributed by atoms with Crippen LogP contribution in [0, 0.1) is 0 Å². The van der Waals surface area contributed by atoms with Gasteiger partial charge >= 0.3 is 0 Å². The molecular weight excluding hydrogens is 292 g/mol. The topological polar surface area (TPSA) is 79.0 Å². The maximum Gasteiger partial charge on any atom is 0.259 e. The minimum Gasteiger partial charge on any atom is -0.491 e. The van der Waals surface area contributed by atoms with E-state index in [1.54, 1.807) is 12.3 Å². The molecule has 0 bridgehead atoms. The molecule has 1 aromatic heterocycles. The second kappa shape index (κ2) is 5.73. The van der Waals surface area contributed by atoms with Gasteiger partial charge < -0.3 is 15.4 Å². The molecule has 0 radical (unpaired) electrons. The summed E-state index contributed by atoms with van der Waals surface area (Å²) in [4.78, 5) is 12.6. The van der Waals surface area contributed by atoms with Gasteiger partial charge in [-0.1, -0.05) is 12.1 Å². The fourth-order valence-electron chi connectivity index (χ4n) is 2.74. The average Bonchev–Trinajstić information content (AvgIpc) is 2.89. The molecule has 0 saturated carbocycles. The zero-order valence-corrected chi connectivity index (χ0v) is 12.4. The molecule has 1 amide bonds. The lowest BCUT2D eigenvalue weighted by atomic mass is 10.1. The van der Waals surface area contributed by atoms with Crippen molar-refractivity contribution in [2.75, 3.05) is 18.5 Å². The largest absolute Gasteiger partial charge is 0.491 e. The van der Waals surface area contributed by atoms with Crippen LogP contribution >= 0.6 is 0 Å². The number of amides is 1. The van der Waals surface area contributed by atoms with Gasteiger partial charge in [-0.15, -0.1) is 0 Å². The first-order chi connectivity index (χ1) is 11.3. The van der Waals surface area contributed by atoms with Crippen molar-refractivity contribution >= 4 is 22.5 Å². The van der Waals surface area contributed by atoms with E-state index in [0.29, 0.717) is 24.5 Å². The Kier molecular flexibility index (Phi) is 3.44. The monoisotopic (exact) mass is 308 g/mol. The molecule has 3 N–H and O–H groups in total. The second-order valence-corrected chi connectivity index (χ2v) is 5.45. The Morgan fingerprint density at radius 1 is 1.26 bits per heavy atom. The first-order valence-corrected chi connectivity index (χ1v) is 7.51. The van der Waals surface area contributed by atoms with Gasteiger partial charge in [0, 0.05) is 29.7 Å². The van der Waals surface area contributed by atoms with Gasteiger partial charge in [0.2, 0.25) is 0 Å². The third kappa shape index (κ3) is 2.64. The maximum atomic E-state index is 12.6. The van der Waals surface area contributed by atoms with E-state index in [0.717, 1.165) is 28.7 Å². The van der Waals surface area contributed by atoms with Crippen molar-refractivity contribution in [1.82, 2.24) is 15.5 Å². The molecule has 1 aliphatic rings. The summed E-state index contributed by atoms with van der Waals surface area (Å²) >= 11 is 0. The number of carbonyl (C=O) groups excluding carboxylic acids is 1. The molecule has 2 aromatic carbocycles. The van der Waals surface area contributed by atoms with Crippen LogP contribution in [-0.2, 0) is 6.54 Å². The van der Waals surface area contributed by atoms with Crippen molar-refractivity contribution in [2.45, 2.75) is 6.54 Å². The molecule has 2 heterocycles. The van der Waals surface area contributed by atoms with Gasteiger partial charge in [0.05, 0.1) is 17.3 Å². The van der Waals surface area contributed by atoms with E-state index in [-0.39, 0.29) is 5.91 Å². The van der Waals surface area contributed by atoms with Gasteiger partial charge in [0.15, 0.2) is 0 Å². The van der Waals surface area contributed by atoms with Gasteiger partial charge in [-0.05, 0) is 24.3 Å². The van der Waals surface area contributed by atoms with Crippen molar-refractivity contribution in [2.24, 2.45) is 0 Å². The van der Waals surface area contributed by atoms with E-state index in [2.05, 4.69) is 20.8 Å². The zero-order valence-electron chi connectivity index (χ0n) is 12.4. The number of benzene rings is 2. The maximum absolute atomic E-state index is 12.6. The van der Waals surface area contributed by atoms with E-state index in [9.17, 15) is 4.79 Å². The Balaban J connectivity index is 1.64. The van der Waals surface area contributed by atoms with Crippen LogP contribution in [0.4, 0.5) is 5.69 Å². The summed E-state index contributed by atoms with van der Waals surface area (Å²) in [5.74, 6) is 0.492. The molecule has 0 fully saturated rings. The summed E-state index contributed by atoms with van der Waals surface area (Å²) in [6, 6.07) is 11.3. The number of aromatic amines is 1. The molecule has 0 unspecified atom stereocenters. The molecule has 4 rings (SSSR count). The molecule has 3 aromatic rings. The highest BCUT2D eigenvalue weighted by Gasteiger charge is 2.18. The molecule has 1 aliphatic heterocycles. The summed E-state index contributed by atoms with van der Waals surface area (Å²) in [6.07, 6.45) is 1.73. The van der Waals surface area contributed by atoms with Crippen LogP contribution in [0.15, 0.2) is 42.6 Å². The second-order valence-electron chi connectivity index (χ2n) is 5.45. The molecule has 6 heteroatoms. The fourth-order valence-corrected chi connectivity index (χ4v) is 2.74. The molecular formula is C17H16N4O2. The smallest absolute Gasteiger partial charge is 0.259 e. The summed E-state index contributed by atoms with van der Waals surface area (Å²) in [7, 11) is 0. The highest BCUT2D eigenvalue weighted by molar-refractivity contribution is 6.07. The number of nitrogens with zero attached hydrogens (tertiary/aromatic N) is 1. The number of para-hydroxylation sites is 1. The van der Waals surface area contributed by atoms with Gasteiger partial charge in [-0.25, -0.2) is 0 Å². The molecule has 0 spiro atoms. The van der Waals surface area contributed by atoms with Crippen molar-refractivity contribution < 1.29 is 9.53 Å². The number of rotatable bonds is 2. The van der Waals surface area contributed by atoms with E-state index in [1.165, 1.54) is 0 Å². The van der Waals surface area contributed by atoms with Gasteiger partial charge in [0.1, 0.15) is 12.4 Å². The molecule has 0 atom stereocenters. The third-order valence-corrected chi connectivity index (χ3v) is 3.88. The van der Waals surface area contributed by atoms with Crippen LogP contribution in [0.2, 0.25) is 0 Å². The predicted molar refractivity (Wildman–Crippen MR) is 87.7 cm³/mol. The highest BCUT2D eigenvalue weighted by atomic mass is 16.5. The first-order valence-electron chi connectivity index (χ1n) is 7.51. The van der Waals surface area contributed by atoms with E-state index < -0.39 is 0 Å². The number of hydrogen-bond donors (Lipinski definition) is 3. The number of aromatic nitrogens is 2. The van der Waals surface area contributed by atoms with E-state index >= 15 is 0 Å². The number of anilines is 1. The number of ether oxygens (including phenoxy) is 1. The number of carbonyl (C=O) groups is 1. The Bertz CT molecular complexity index is 872. The highest BCUT2D eigenvalue weighted by Crippen LogP contribution is 2.27. The first kappa shape index (κ1) is 13.8. The van der Waals surface area contributed by atoms with E-state index in [4.69, 9.17) is 4.74 Å². The van der Waals surface area contributed by atoms with Crippen LogP contribution in [0.1, 0.15) is 15.9 Å². The van der Waals surface area contributed by atoms with Crippen LogP contribution in [-0.4, -0.2) is 29.3 Å². The zero-order chi connectivity index (χ0) is 15.6. The quantitative estimate of drug-likeness (QED) is 0.679. The molecule has 116 valence electrons. The van der Waals surface area contributed by atoms with Crippen molar-refractivity contribution in [3.8, 4) is 5.75 Å². The number of H-pyrrole nitrogens is 1. The lowest BCUT2D eigenvalue weighted by molar-refractivity contribution is 0.102. The Labute approximate surface area is 132 Å². The summed E-state index contributed by atoms with van der Waals surface area (Å²) in [5.41, 5.74) is 3.22. The third-order valence-electron chi connectivity index (χ3n) is 3.88. The standard InChI is InChI=1S/C17H16N4O2/c22-17(20-13-4-5-15-12(8-13)10-19-21-15)14-3-1-2-11-9-18-6-7-23-16(11)14/h1-5,8,10,18H,6-7,9H2,(H,19,21)(H,20,22). The predicted octanol–water partition coefficient (Wildman–Crippen LogP) is 2.30. The van der Waals surface area contributed by atoms with Gasteiger partial charge in [0.25, 0.3) is 5.91 Å². The van der Waals surface area contributed by atoms with E-state index in [1.807, 2.05) is 30.3 Å². The summed E-state index contributed by atoms with van der Waals surface area (Å²) in [6.45, 7) is 2.03. The lowest BCUT2D eigenvalue weighted by Crippen LogP contribution is -2.16. The normalized spacial score (nSPS) is 13.9. The number of fused-ring (bicyclic) bond motifs is 2. The fraction of sp³-hybridized carbons (Fsp3) is 0.176.